The molecule has 0 aromatic rings. The number of aliphatic hydroxyl groups excluding tert-OH is 5. The van der Waals surface area contributed by atoms with Gasteiger partial charge >= 0.3 is 0 Å². The SMILES string of the molecule is CCCCCCCOC[C@H]1O[C@H](O[C@@H]2[C@@H](O)[C@H](O[C@H]3O[C@H](CN=[N+]=[N-])[C@@H](O)[C@H](O)[C@H]3O)[C@@H](N=[N+]=[N-])C[C@H]2N=[N+]=[N-])[C@H](O)[C@@H](N=[N+]=[N-])[C@@H]1OCCCCCCC. The van der Waals surface area contributed by atoms with Crippen LogP contribution in [0.25, 0.3) is 41.8 Å². The monoisotopic (exact) mass is 784 g/mol. The van der Waals surface area contributed by atoms with Gasteiger partial charge in [-0.3, -0.25) is 0 Å². The molecule has 310 valence electrons. The first-order chi connectivity index (χ1) is 26.7. The number of rotatable bonds is 24. The highest BCUT2D eigenvalue weighted by Gasteiger charge is 2.53. The van der Waals surface area contributed by atoms with Crippen molar-refractivity contribution in [3.63, 3.8) is 0 Å². The largest absolute Gasteiger partial charge is 0.388 e. The molecule has 0 bridgehead atoms. The summed E-state index contributed by atoms with van der Waals surface area (Å²) in [5.74, 6) is 0. The van der Waals surface area contributed by atoms with Crippen molar-refractivity contribution in [1.82, 2.24) is 0 Å². The van der Waals surface area contributed by atoms with Gasteiger partial charge in [-0.25, -0.2) is 0 Å². The van der Waals surface area contributed by atoms with Crippen LogP contribution in [0.4, 0.5) is 0 Å². The van der Waals surface area contributed by atoms with Crippen molar-refractivity contribution in [2.24, 2.45) is 20.5 Å². The highest BCUT2D eigenvalue weighted by Crippen LogP contribution is 2.36. The molecule has 0 radical (unpaired) electrons. The summed E-state index contributed by atoms with van der Waals surface area (Å²) >= 11 is 0. The molecule has 2 saturated heterocycles. The number of azide groups is 4. The van der Waals surface area contributed by atoms with Crippen LogP contribution >= 0.6 is 0 Å². The minimum atomic E-state index is -1.88. The number of ether oxygens (including phenoxy) is 6. The third kappa shape index (κ3) is 13.5. The van der Waals surface area contributed by atoms with Crippen molar-refractivity contribution in [2.75, 3.05) is 26.4 Å². The summed E-state index contributed by atoms with van der Waals surface area (Å²) in [7, 11) is 0. The number of hydrogen-bond donors (Lipinski definition) is 5. The van der Waals surface area contributed by atoms with Crippen molar-refractivity contribution in [2.45, 2.75) is 176 Å². The predicted octanol–water partition coefficient (Wildman–Crippen LogP) is 4.10. The molecule has 0 amide bonds. The topological polar surface area (TPSA) is 352 Å². The second kappa shape index (κ2) is 25.1. The summed E-state index contributed by atoms with van der Waals surface area (Å²) in [4.78, 5) is 11.2. The molecule has 1 aliphatic carbocycles. The molecule has 0 aromatic carbocycles. The van der Waals surface area contributed by atoms with Crippen molar-refractivity contribution in [3.05, 3.63) is 41.8 Å². The van der Waals surface area contributed by atoms with E-state index in [1.165, 1.54) is 0 Å². The zero-order valence-corrected chi connectivity index (χ0v) is 31.3. The summed E-state index contributed by atoms with van der Waals surface area (Å²) in [5.41, 5.74) is 37.0. The van der Waals surface area contributed by atoms with Gasteiger partial charge in [-0.15, -0.1) is 0 Å². The Bertz CT molecular complexity index is 1330. The van der Waals surface area contributed by atoms with E-state index in [1.807, 2.05) is 0 Å². The molecule has 2 heterocycles. The third-order valence-electron chi connectivity index (χ3n) is 9.95. The van der Waals surface area contributed by atoms with Crippen molar-refractivity contribution in [1.29, 1.82) is 0 Å². The molecular weight excluding hydrogens is 728 g/mol. The average Bonchev–Trinajstić information content (AvgIpc) is 3.17. The maximum atomic E-state index is 11.7. The fourth-order valence-corrected chi connectivity index (χ4v) is 6.95. The molecule has 3 fully saturated rings. The van der Waals surface area contributed by atoms with E-state index >= 15 is 0 Å². The van der Waals surface area contributed by atoms with Gasteiger partial charge in [-0.05, 0) is 41.4 Å². The van der Waals surface area contributed by atoms with Crippen LogP contribution < -0.4 is 0 Å². The second-order valence-electron chi connectivity index (χ2n) is 13.9. The Morgan fingerprint density at radius 1 is 0.582 bits per heavy atom. The van der Waals surface area contributed by atoms with Gasteiger partial charge in [0.15, 0.2) is 12.6 Å². The van der Waals surface area contributed by atoms with E-state index in [9.17, 15) is 42.1 Å². The first-order valence-corrected chi connectivity index (χ1v) is 19.0. The lowest BCUT2D eigenvalue weighted by atomic mass is 9.84. The zero-order chi connectivity index (χ0) is 40.2. The Kier molecular flexibility index (Phi) is 21.1. The van der Waals surface area contributed by atoms with Gasteiger partial charge in [0.25, 0.3) is 0 Å². The van der Waals surface area contributed by atoms with Crippen LogP contribution in [0.15, 0.2) is 20.5 Å². The molecular formula is C32H56N12O11. The quantitative estimate of drug-likeness (QED) is 0.0401. The number of nitrogens with zero attached hydrogens (tertiary/aromatic N) is 12. The van der Waals surface area contributed by atoms with E-state index in [1.54, 1.807) is 0 Å². The van der Waals surface area contributed by atoms with Crippen molar-refractivity contribution in [3.8, 4) is 0 Å². The second-order valence-corrected chi connectivity index (χ2v) is 13.9. The molecule has 23 heteroatoms. The van der Waals surface area contributed by atoms with E-state index in [0.717, 1.165) is 64.2 Å². The Morgan fingerprint density at radius 2 is 1.13 bits per heavy atom. The summed E-state index contributed by atoms with van der Waals surface area (Å²) in [6.45, 7) is 4.48. The van der Waals surface area contributed by atoms with E-state index in [0.29, 0.717) is 13.2 Å². The average molecular weight is 785 g/mol. The zero-order valence-electron chi connectivity index (χ0n) is 31.3. The van der Waals surface area contributed by atoms with Crippen LogP contribution in [0.1, 0.15) is 84.5 Å². The lowest BCUT2D eigenvalue weighted by molar-refractivity contribution is -0.333. The Balaban J connectivity index is 1.88. The van der Waals surface area contributed by atoms with Gasteiger partial charge in [-0.2, -0.15) is 0 Å². The fraction of sp³-hybridized carbons (Fsp3) is 1.00. The molecule has 0 unspecified atom stereocenters. The lowest BCUT2D eigenvalue weighted by Gasteiger charge is -2.48. The molecule has 0 aromatic heterocycles. The van der Waals surface area contributed by atoms with Crippen LogP contribution in [0.2, 0.25) is 0 Å². The van der Waals surface area contributed by atoms with Crippen LogP contribution in [-0.2, 0) is 28.4 Å². The van der Waals surface area contributed by atoms with Crippen LogP contribution in [0.3, 0.4) is 0 Å². The Morgan fingerprint density at radius 3 is 1.69 bits per heavy atom. The van der Waals surface area contributed by atoms with E-state index in [4.69, 9.17) is 34.0 Å². The smallest absolute Gasteiger partial charge is 0.186 e. The molecule has 55 heavy (non-hydrogen) atoms. The molecule has 3 rings (SSSR count). The normalized spacial score (nSPS) is 36.1. The highest BCUT2D eigenvalue weighted by atomic mass is 16.7. The molecule has 15 atom stereocenters. The molecule has 2 aliphatic heterocycles. The number of unbranched alkanes of at least 4 members (excludes halogenated alkanes) is 8. The summed E-state index contributed by atoms with van der Waals surface area (Å²) in [5, 5.41) is 69.4. The molecule has 3 aliphatic rings. The molecule has 5 N–H and O–H groups in total. The maximum absolute atomic E-state index is 11.7. The molecule has 0 spiro atoms. The highest BCUT2D eigenvalue weighted by molar-refractivity contribution is 5.04. The van der Waals surface area contributed by atoms with E-state index in [-0.39, 0.29) is 13.0 Å². The fourth-order valence-electron chi connectivity index (χ4n) is 6.95. The van der Waals surface area contributed by atoms with E-state index < -0.39 is 98.3 Å². The maximum Gasteiger partial charge on any atom is 0.186 e. The van der Waals surface area contributed by atoms with Crippen molar-refractivity contribution >= 4 is 0 Å². The molecule has 1 saturated carbocycles. The number of aliphatic hydroxyl groups is 5. The lowest BCUT2D eigenvalue weighted by Crippen LogP contribution is -2.65. The first kappa shape index (κ1) is 46.2. The third-order valence-corrected chi connectivity index (χ3v) is 9.95. The van der Waals surface area contributed by atoms with Crippen molar-refractivity contribution < 1.29 is 54.0 Å². The standard InChI is InChI=1S/C32H56N12O11/c1-3-5-7-9-11-13-50-17-21-30(51-14-12-10-8-6-4-2)22(40-44-36)24(46)31(53-21)54-28-18(38-42-34)15-19(39-43-35)29(27(28)49)55-32-26(48)25(47)23(45)20(52-32)16-37-41-33/h18-32,45-49H,3-17H2,1-2H3/t18-,19+,20-,21-,22-,23-,24-,25+,26-,27-,28+,29-,30-,31-,32-/m1/s1. The summed E-state index contributed by atoms with van der Waals surface area (Å²) < 4.78 is 36.0. The molecule has 23 nitrogen and oxygen atoms in total. The van der Waals surface area contributed by atoms with Gasteiger partial charge in [0, 0.05) is 32.9 Å². The summed E-state index contributed by atoms with van der Waals surface area (Å²) in [6, 6.07) is -3.72. The van der Waals surface area contributed by atoms with Gasteiger partial charge in [-0.1, -0.05) is 85.7 Å². The van der Waals surface area contributed by atoms with Crippen LogP contribution in [-0.4, -0.2) is 144 Å². The minimum Gasteiger partial charge on any atom is -0.388 e. The van der Waals surface area contributed by atoms with Crippen LogP contribution in [0, 0.1) is 0 Å². The van der Waals surface area contributed by atoms with E-state index in [2.05, 4.69) is 54.0 Å². The van der Waals surface area contributed by atoms with Gasteiger partial charge in [0.2, 0.25) is 0 Å². The first-order valence-electron chi connectivity index (χ1n) is 19.0. The van der Waals surface area contributed by atoms with Gasteiger partial charge in [0.05, 0.1) is 55.7 Å². The van der Waals surface area contributed by atoms with Gasteiger partial charge < -0.3 is 54.0 Å². The predicted molar refractivity (Wildman–Crippen MR) is 193 cm³/mol. The Labute approximate surface area is 318 Å². The van der Waals surface area contributed by atoms with Crippen LogP contribution in [0.5, 0.6) is 0 Å². The van der Waals surface area contributed by atoms with Gasteiger partial charge in [0.1, 0.15) is 36.6 Å². The minimum absolute atomic E-state index is 0.0158. The summed E-state index contributed by atoms with van der Waals surface area (Å²) in [6.07, 6.45) is -8.89. The Hall–Kier alpha value is -3.20. The number of hydrogen-bond acceptors (Lipinski definition) is 15.